The zero-order valence-corrected chi connectivity index (χ0v) is 12.5. The molecule has 2 aromatic heterocycles. The van der Waals surface area contributed by atoms with Crippen molar-refractivity contribution < 1.29 is 9.52 Å². The summed E-state index contributed by atoms with van der Waals surface area (Å²) in [4.78, 5) is 2.65. The van der Waals surface area contributed by atoms with Gasteiger partial charge in [-0.2, -0.15) is 0 Å². The number of aliphatic hydroxyl groups is 1. The fourth-order valence-corrected chi connectivity index (χ4v) is 2.86. The number of hydrogen-bond donors (Lipinski definition) is 2. The molecule has 1 atom stereocenters. The van der Waals surface area contributed by atoms with Crippen molar-refractivity contribution in [3.8, 4) is 0 Å². The molecule has 0 aliphatic rings. The lowest BCUT2D eigenvalue weighted by Crippen LogP contribution is -2.23. The average Bonchev–Trinajstić information content (AvgIpc) is 2.99. The van der Waals surface area contributed by atoms with Crippen molar-refractivity contribution in [1.29, 1.82) is 0 Å². The van der Waals surface area contributed by atoms with Crippen molar-refractivity contribution in [1.82, 2.24) is 5.32 Å². The second kappa shape index (κ2) is 5.90. The van der Waals surface area contributed by atoms with Crippen LogP contribution in [-0.4, -0.2) is 11.7 Å². The zero-order chi connectivity index (χ0) is 13.9. The van der Waals surface area contributed by atoms with E-state index in [4.69, 9.17) is 4.42 Å². The summed E-state index contributed by atoms with van der Waals surface area (Å²) < 4.78 is 5.32. The molecule has 104 valence electrons. The smallest absolute Gasteiger partial charge is 0.123 e. The Kier molecular flexibility index (Phi) is 4.45. The first kappa shape index (κ1) is 14.3. The van der Waals surface area contributed by atoms with Crippen LogP contribution in [0.1, 0.15) is 42.3 Å². The Labute approximate surface area is 118 Å². The van der Waals surface area contributed by atoms with Gasteiger partial charge in [-0.15, -0.1) is 11.3 Å². The highest BCUT2D eigenvalue weighted by Gasteiger charge is 2.17. The molecule has 1 unspecified atom stereocenters. The number of furan rings is 1. The lowest BCUT2D eigenvalue weighted by atomic mass is 9.95. The van der Waals surface area contributed by atoms with Gasteiger partial charge in [0.15, 0.2) is 0 Å². The Balaban J connectivity index is 1.96. The first-order chi connectivity index (χ1) is 9.00. The molecular formula is C15H21NO2S. The van der Waals surface area contributed by atoms with Gasteiger partial charge in [-0.3, -0.25) is 0 Å². The average molecular weight is 279 g/mol. The van der Waals surface area contributed by atoms with Gasteiger partial charge in [0.1, 0.15) is 5.76 Å². The van der Waals surface area contributed by atoms with E-state index in [1.165, 1.54) is 9.75 Å². The highest BCUT2D eigenvalue weighted by molar-refractivity contribution is 7.12. The van der Waals surface area contributed by atoms with E-state index in [0.29, 0.717) is 0 Å². The highest BCUT2D eigenvalue weighted by atomic mass is 32.1. The van der Waals surface area contributed by atoms with Crippen molar-refractivity contribution in [2.75, 3.05) is 6.61 Å². The lowest BCUT2D eigenvalue weighted by molar-refractivity contribution is 0.226. The van der Waals surface area contributed by atoms with Crippen LogP contribution in [-0.2, 0) is 12.0 Å². The number of aliphatic hydroxyl groups excluding tert-OH is 1. The van der Waals surface area contributed by atoms with E-state index in [-0.39, 0.29) is 18.1 Å². The van der Waals surface area contributed by atoms with Gasteiger partial charge in [-0.25, -0.2) is 0 Å². The van der Waals surface area contributed by atoms with E-state index < -0.39 is 0 Å². The minimum Gasteiger partial charge on any atom is -0.468 e. The molecule has 0 saturated heterocycles. The normalized spacial score (nSPS) is 13.7. The second-order valence-electron chi connectivity index (χ2n) is 5.65. The van der Waals surface area contributed by atoms with Crippen LogP contribution in [0.4, 0.5) is 0 Å². The molecule has 0 saturated carbocycles. The van der Waals surface area contributed by atoms with E-state index in [2.05, 4.69) is 38.2 Å². The van der Waals surface area contributed by atoms with Crippen molar-refractivity contribution in [2.45, 2.75) is 38.8 Å². The first-order valence-corrected chi connectivity index (χ1v) is 7.29. The third-order valence-corrected chi connectivity index (χ3v) is 4.50. The van der Waals surface area contributed by atoms with Gasteiger partial charge >= 0.3 is 0 Å². The largest absolute Gasteiger partial charge is 0.468 e. The molecule has 19 heavy (non-hydrogen) atoms. The maximum absolute atomic E-state index is 9.39. The Hall–Kier alpha value is -1.10. The quantitative estimate of drug-likeness (QED) is 0.881. The van der Waals surface area contributed by atoms with Crippen LogP contribution in [0.3, 0.4) is 0 Å². The zero-order valence-electron chi connectivity index (χ0n) is 11.6. The Morgan fingerprint density at radius 2 is 2.11 bits per heavy atom. The van der Waals surface area contributed by atoms with Crippen LogP contribution >= 0.6 is 11.3 Å². The molecule has 2 aromatic rings. The van der Waals surface area contributed by atoms with Crippen LogP contribution in [0.25, 0.3) is 0 Å². The van der Waals surface area contributed by atoms with E-state index >= 15 is 0 Å². The fourth-order valence-electron chi connectivity index (χ4n) is 1.84. The summed E-state index contributed by atoms with van der Waals surface area (Å²) in [6.45, 7) is 7.43. The summed E-state index contributed by atoms with van der Waals surface area (Å²) in [7, 11) is 0. The van der Waals surface area contributed by atoms with Crippen LogP contribution in [0.15, 0.2) is 34.9 Å². The standard InChI is InChI=1S/C15H21NO2S/c1-15(2,3)14-7-6-11(19-14)9-16-12(10-17)13-5-4-8-18-13/h4-8,12,16-17H,9-10H2,1-3H3. The first-order valence-electron chi connectivity index (χ1n) is 6.47. The second-order valence-corrected chi connectivity index (χ2v) is 6.82. The van der Waals surface area contributed by atoms with Crippen molar-refractivity contribution >= 4 is 11.3 Å². The molecule has 0 fully saturated rings. The summed E-state index contributed by atoms with van der Waals surface area (Å²) in [5, 5.41) is 12.7. The van der Waals surface area contributed by atoms with Crippen LogP contribution in [0, 0.1) is 0 Å². The molecule has 2 rings (SSSR count). The molecule has 3 nitrogen and oxygen atoms in total. The van der Waals surface area contributed by atoms with Gasteiger partial charge < -0.3 is 14.8 Å². The summed E-state index contributed by atoms with van der Waals surface area (Å²) in [6.07, 6.45) is 1.63. The Morgan fingerprint density at radius 1 is 1.32 bits per heavy atom. The molecule has 0 aliphatic carbocycles. The van der Waals surface area contributed by atoms with Gasteiger partial charge in [0.2, 0.25) is 0 Å². The van der Waals surface area contributed by atoms with Gasteiger partial charge in [0.25, 0.3) is 0 Å². The number of hydrogen-bond acceptors (Lipinski definition) is 4. The number of thiophene rings is 1. The molecule has 0 radical (unpaired) electrons. The third kappa shape index (κ3) is 3.69. The van der Waals surface area contributed by atoms with E-state index in [1.54, 1.807) is 6.26 Å². The van der Waals surface area contributed by atoms with E-state index in [9.17, 15) is 5.11 Å². The molecule has 0 bridgehead atoms. The molecule has 0 amide bonds. The molecule has 2 N–H and O–H groups in total. The van der Waals surface area contributed by atoms with Crippen molar-refractivity contribution in [2.24, 2.45) is 0 Å². The monoisotopic (exact) mass is 279 g/mol. The topological polar surface area (TPSA) is 45.4 Å². The Morgan fingerprint density at radius 3 is 2.63 bits per heavy atom. The lowest BCUT2D eigenvalue weighted by Gasteiger charge is -2.15. The predicted octanol–water partition coefficient (Wildman–Crippen LogP) is 3.46. The maximum atomic E-state index is 9.39. The fraction of sp³-hybridized carbons (Fsp3) is 0.467. The van der Waals surface area contributed by atoms with Crippen molar-refractivity contribution in [3.05, 3.63) is 46.0 Å². The Bertz CT molecular complexity index is 496. The highest BCUT2D eigenvalue weighted by Crippen LogP contribution is 2.29. The van der Waals surface area contributed by atoms with Crippen LogP contribution in [0.2, 0.25) is 0 Å². The SMILES string of the molecule is CC(C)(C)c1ccc(CNC(CO)c2ccco2)s1. The van der Waals surface area contributed by atoms with Gasteiger partial charge in [0.05, 0.1) is 18.9 Å². The number of rotatable bonds is 5. The van der Waals surface area contributed by atoms with Gasteiger partial charge in [0, 0.05) is 16.3 Å². The summed E-state index contributed by atoms with van der Waals surface area (Å²) in [5.41, 5.74) is 0.195. The van der Waals surface area contributed by atoms with E-state index in [0.717, 1.165) is 12.3 Å². The van der Waals surface area contributed by atoms with Crippen LogP contribution < -0.4 is 5.32 Å². The molecule has 0 aliphatic heterocycles. The summed E-state index contributed by atoms with van der Waals surface area (Å²) in [6, 6.07) is 7.90. The molecule has 0 aromatic carbocycles. The van der Waals surface area contributed by atoms with E-state index in [1.807, 2.05) is 23.5 Å². The summed E-state index contributed by atoms with van der Waals surface area (Å²) in [5.74, 6) is 0.773. The van der Waals surface area contributed by atoms with Crippen molar-refractivity contribution in [3.63, 3.8) is 0 Å². The molecule has 4 heteroatoms. The minimum absolute atomic E-state index is 0.0328. The predicted molar refractivity (Wildman–Crippen MR) is 78.4 cm³/mol. The molecule has 0 spiro atoms. The van der Waals surface area contributed by atoms with Gasteiger partial charge in [-0.1, -0.05) is 20.8 Å². The van der Waals surface area contributed by atoms with Gasteiger partial charge in [-0.05, 0) is 29.7 Å². The minimum atomic E-state index is -0.143. The maximum Gasteiger partial charge on any atom is 0.123 e. The summed E-state index contributed by atoms with van der Waals surface area (Å²) >= 11 is 1.81. The molecular weight excluding hydrogens is 258 g/mol. The van der Waals surface area contributed by atoms with Crippen LogP contribution in [0.5, 0.6) is 0 Å². The third-order valence-electron chi connectivity index (χ3n) is 2.99. The number of nitrogens with one attached hydrogen (secondary N) is 1. The molecule has 2 heterocycles.